The van der Waals surface area contributed by atoms with Gasteiger partial charge in [0.1, 0.15) is 0 Å². The van der Waals surface area contributed by atoms with Gasteiger partial charge in [0.2, 0.25) is 0 Å². The molecule has 0 unspecified atom stereocenters. The van der Waals surface area contributed by atoms with Crippen molar-refractivity contribution in [1.29, 1.82) is 0 Å². The number of nitrogens with zero attached hydrogens (tertiary/aromatic N) is 1. The van der Waals surface area contributed by atoms with Crippen LogP contribution in [0.2, 0.25) is 5.02 Å². The van der Waals surface area contributed by atoms with E-state index in [4.69, 9.17) is 15.8 Å². The number of carbonyl (C=O) groups excluding carboxylic acids is 1. The Hall–Kier alpha value is -1.31. The van der Waals surface area contributed by atoms with Gasteiger partial charge in [-0.3, -0.25) is 4.18 Å². The van der Waals surface area contributed by atoms with E-state index in [9.17, 15) is 13.2 Å². The summed E-state index contributed by atoms with van der Waals surface area (Å²) in [6.07, 6.45) is 1.96. The maximum Gasteiger partial charge on any atom is 0.337 e. The molecule has 22 heavy (non-hydrogen) atoms. The van der Waals surface area contributed by atoms with E-state index in [1.54, 1.807) is 18.2 Å². The van der Waals surface area contributed by atoms with Crippen molar-refractivity contribution in [3.05, 3.63) is 28.8 Å². The number of esters is 1. The minimum absolute atomic E-state index is 0.292. The van der Waals surface area contributed by atoms with Crippen LogP contribution in [0.25, 0.3) is 0 Å². The Kier molecular flexibility index (Phi) is 5.31. The summed E-state index contributed by atoms with van der Waals surface area (Å²) in [5, 5.41) is 0.463. The summed E-state index contributed by atoms with van der Waals surface area (Å²) in [7, 11) is -2.11. The highest BCUT2D eigenvalue weighted by atomic mass is 35.5. The molecule has 0 N–H and O–H groups in total. The zero-order valence-corrected chi connectivity index (χ0v) is 14.0. The predicted molar refractivity (Wildman–Crippen MR) is 84.0 cm³/mol. The summed E-state index contributed by atoms with van der Waals surface area (Å²) in [6, 6.07) is 5.00. The Balaban J connectivity index is 2.04. The maximum atomic E-state index is 11.5. The van der Waals surface area contributed by atoms with Gasteiger partial charge in [0.15, 0.2) is 0 Å². The molecule has 0 aliphatic carbocycles. The number of benzene rings is 1. The van der Waals surface area contributed by atoms with Gasteiger partial charge in [0, 0.05) is 13.1 Å². The second-order valence-electron chi connectivity index (χ2n) is 5.14. The Bertz CT molecular complexity index is 653. The number of carbonyl (C=O) groups is 1. The average Bonchev–Trinajstić information content (AvgIpc) is 2.46. The van der Waals surface area contributed by atoms with Gasteiger partial charge >= 0.3 is 5.97 Å². The Morgan fingerprint density at radius 1 is 1.32 bits per heavy atom. The highest BCUT2D eigenvalue weighted by molar-refractivity contribution is 7.86. The molecule has 8 heteroatoms. The lowest BCUT2D eigenvalue weighted by Crippen LogP contribution is -2.37. The standard InChI is InChI=1S/C14H18ClNO5S/c1-20-14(17)10-3-4-13(12(15)9-10)16-7-5-11(6-8-16)21-22(2,18)19/h3-4,9,11H,5-8H2,1-2H3. The van der Waals surface area contributed by atoms with Crippen molar-refractivity contribution < 1.29 is 22.1 Å². The lowest BCUT2D eigenvalue weighted by atomic mass is 10.1. The van der Waals surface area contributed by atoms with Crippen LogP contribution in [-0.4, -0.2) is 46.9 Å². The van der Waals surface area contributed by atoms with Crippen LogP contribution < -0.4 is 4.90 Å². The zero-order valence-electron chi connectivity index (χ0n) is 12.4. The number of halogens is 1. The largest absolute Gasteiger partial charge is 0.465 e. The van der Waals surface area contributed by atoms with Gasteiger partial charge in [0.25, 0.3) is 10.1 Å². The molecule has 0 aromatic heterocycles. The smallest absolute Gasteiger partial charge is 0.337 e. The quantitative estimate of drug-likeness (QED) is 0.613. The Morgan fingerprint density at radius 3 is 2.45 bits per heavy atom. The summed E-state index contributed by atoms with van der Waals surface area (Å²) in [5.74, 6) is -0.436. The maximum absolute atomic E-state index is 11.5. The number of piperidine rings is 1. The third kappa shape index (κ3) is 4.34. The number of ether oxygens (including phenoxy) is 1. The number of rotatable bonds is 4. The lowest BCUT2D eigenvalue weighted by Gasteiger charge is -2.33. The van der Waals surface area contributed by atoms with Crippen LogP contribution >= 0.6 is 11.6 Å². The molecule has 0 radical (unpaired) electrons. The third-order valence-electron chi connectivity index (χ3n) is 3.46. The van der Waals surface area contributed by atoms with E-state index >= 15 is 0 Å². The zero-order chi connectivity index (χ0) is 16.3. The van der Waals surface area contributed by atoms with E-state index in [-0.39, 0.29) is 6.10 Å². The Labute approximate surface area is 135 Å². The molecule has 0 spiro atoms. The second-order valence-corrected chi connectivity index (χ2v) is 7.15. The molecule has 1 aliphatic heterocycles. The van der Waals surface area contributed by atoms with Crippen LogP contribution in [0.15, 0.2) is 18.2 Å². The molecule has 1 heterocycles. The minimum Gasteiger partial charge on any atom is -0.465 e. The topological polar surface area (TPSA) is 72.9 Å². The summed E-state index contributed by atoms with van der Waals surface area (Å²) < 4.78 is 31.9. The normalized spacial score (nSPS) is 16.6. The first kappa shape index (κ1) is 17.1. The first-order valence-corrected chi connectivity index (χ1v) is 9.00. The summed E-state index contributed by atoms with van der Waals surface area (Å²) >= 11 is 6.23. The van der Waals surface area contributed by atoms with Gasteiger partial charge in [-0.15, -0.1) is 0 Å². The number of hydrogen-bond acceptors (Lipinski definition) is 6. The van der Waals surface area contributed by atoms with E-state index in [1.807, 2.05) is 4.90 Å². The molecular weight excluding hydrogens is 330 g/mol. The minimum atomic E-state index is -3.43. The molecule has 1 aliphatic rings. The molecule has 0 bridgehead atoms. The van der Waals surface area contributed by atoms with E-state index in [0.29, 0.717) is 36.5 Å². The molecule has 1 saturated heterocycles. The van der Waals surface area contributed by atoms with Gasteiger partial charge in [-0.1, -0.05) is 11.6 Å². The highest BCUT2D eigenvalue weighted by Gasteiger charge is 2.24. The number of anilines is 1. The van der Waals surface area contributed by atoms with Crippen molar-refractivity contribution >= 4 is 33.4 Å². The second kappa shape index (κ2) is 6.85. The van der Waals surface area contributed by atoms with Gasteiger partial charge in [-0.2, -0.15) is 8.42 Å². The van der Waals surface area contributed by atoms with Crippen LogP contribution in [0, 0.1) is 0 Å². The first-order chi connectivity index (χ1) is 10.3. The van der Waals surface area contributed by atoms with Crippen LogP contribution in [0.4, 0.5) is 5.69 Å². The number of methoxy groups -OCH3 is 1. The van der Waals surface area contributed by atoms with Gasteiger partial charge in [-0.05, 0) is 31.0 Å². The molecule has 6 nitrogen and oxygen atoms in total. The molecule has 1 aromatic rings. The lowest BCUT2D eigenvalue weighted by molar-refractivity contribution is 0.0600. The summed E-state index contributed by atoms with van der Waals surface area (Å²) in [4.78, 5) is 13.5. The predicted octanol–water partition coefficient (Wildman–Crippen LogP) is 2.07. The van der Waals surface area contributed by atoms with Crippen molar-refractivity contribution in [3.8, 4) is 0 Å². The number of hydrogen-bond donors (Lipinski definition) is 0. The monoisotopic (exact) mass is 347 g/mol. The van der Waals surface area contributed by atoms with E-state index in [2.05, 4.69) is 4.74 Å². The van der Waals surface area contributed by atoms with Crippen LogP contribution in [0.3, 0.4) is 0 Å². The SMILES string of the molecule is COC(=O)c1ccc(N2CCC(OS(C)(=O)=O)CC2)c(Cl)c1. The van der Waals surface area contributed by atoms with Gasteiger partial charge in [-0.25, -0.2) is 4.79 Å². The molecule has 0 atom stereocenters. The molecule has 2 rings (SSSR count). The summed E-state index contributed by atoms with van der Waals surface area (Å²) in [5.41, 5.74) is 1.21. The summed E-state index contributed by atoms with van der Waals surface area (Å²) in [6.45, 7) is 1.27. The third-order valence-corrected chi connectivity index (χ3v) is 4.39. The first-order valence-electron chi connectivity index (χ1n) is 6.81. The van der Waals surface area contributed by atoms with Crippen LogP contribution in [0.5, 0.6) is 0 Å². The molecule has 1 fully saturated rings. The highest BCUT2D eigenvalue weighted by Crippen LogP contribution is 2.30. The van der Waals surface area contributed by atoms with Crippen molar-refractivity contribution in [3.63, 3.8) is 0 Å². The fraction of sp³-hybridized carbons (Fsp3) is 0.500. The van der Waals surface area contributed by atoms with E-state index in [1.165, 1.54) is 7.11 Å². The van der Waals surface area contributed by atoms with E-state index in [0.717, 1.165) is 11.9 Å². The van der Waals surface area contributed by atoms with Crippen LogP contribution in [0.1, 0.15) is 23.2 Å². The van der Waals surface area contributed by atoms with Crippen LogP contribution in [-0.2, 0) is 19.0 Å². The van der Waals surface area contributed by atoms with Gasteiger partial charge < -0.3 is 9.64 Å². The molecule has 1 aromatic carbocycles. The van der Waals surface area contributed by atoms with Crippen molar-refractivity contribution in [2.45, 2.75) is 18.9 Å². The van der Waals surface area contributed by atoms with Crippen molar-refractivity contribution in [2.24, 2.45) is 0 Å². The fourth-order valence-electron chi connectivity index (χ4n) is 2.45. The Morgan fingerprint density at radius 2 is 1.95 bits per heavy atom. The van der Waals surface area contributed by atoms with Crippen molar-refractivity contribution in [1.82, 2.24) is 0 Å². The average molecular weight is 348 g/mol. The molecule has 122 valence electrons. The molecule has 0 saturated carbocycles. The van der Waals surface area contributed by atoms with E-state index < -0.39 is 16.1 Å². The van der Waals surface area contributed by atoms with Crippen molar-refractivity contribution in [2.75, 3.05) is 31.4 Å². The fourth-order valence-corrected chi connectivity index (χ4v) is 3.44. The van der Waals surface area contributed by atoms with Gasteiger partial charge in [0.05, 0.1) is 35.7 Å². The molecular formula is C14H18ClNO5S. The molecule has 0 amide bonds.